The molecule has 3 aromatic rings. The van der Waals surface area contributed by atoms with Crippen LogP contribution in [0.3, 0.4) is 0 Å². The van der Waals surface area contributed by atoms with Crippen molar-refractivity contribution in [1.82, 2.24) is 0 Å². The molecule has 0 aliphatic carbocycles. The Hall–Kier alpha value is -3.35. The van der Waals surface area contributed by atoms with Crippen LogP contribution in [-0.4, -0.2) is 77.1 Å². The number of rotatable bonds is 6. The summed E-state index contributed by atoms with van der Waals surface area (Å²) in [5.41, 5.74) is 0.0110. The van der Waals surface area contributed by atoms with Crippen molar-refractivity contribution in [3.63, 3.8) is 0 Å². The zero-order chi connectivity index (χ0) is 24.6. The van der Waals surface area contributed by atoms with E-state index in [1.165, 1.54) is 44.6 Å². The Labute approximate surface area is 192 Å². The number of aromatic hydroxyl groups is 1. The topological polar surface area (TPSA) is 168 Å². The number of fused-ring (bicyclic) bond motifs is 1. The monoisotopic (exact) mass is 476 g/mol. The number of hydrogen-bond acceptors (Lipinski definition) is 11. The molecule has 11 nitrogen and oxygen atoms in total. The fourth-order valence-corrected chi connectivity index (χ4v) is 3.72. The fourth-order valence-electron chi connectivity index (χ4n) is 3.72. The Kier molecular flexibility index (Phi) is 6.64. The lowest BCUT2D eigenvalue weighted by atomic mass is 9.99. The van der Waals surface area contributed by atoms with Gasteiger partial charge in [-0.3, -0.25) is 4.79 Å². The molecule has 5 N–H and O–H groups in total. The zero-order valence-corrected chi connectivity index (χ0v) is 18.2. The molecule has 0 amide bonds. The minimum absolute atomic E-state index is 0.00384. The summed E-state index contributed by atoms with van der Waals surface area (Å²) in [5, 5.41) is 49.8. The van der Waals surface area contributed by atoms with Crippen molar-refractivity contribution in [2.75, 3.05) is 20.8 Å². The molecule has 1 aliphatic heterocycles. The Morgan fingerprint density at radius 2 is 1.71 bits per heavy atom. The molecule has 1 saturated heterocycles. The van der Waals surface area contributed by atoms with E-state index in [0.717, 1.165) is 0 Å². The molecule has 2 aromatic carbocycles. The molecular weight excluding hydrogens is 452 g/mol. The number of hydrogen-bond donors (Lipinski definition) is 5. The van der Waals surface area contributed by atoms with Crippen LogP contribution in [0.4, 0.5) is 0 Å². The van der Waals surface area contributed by atoms with Gasteiger partial charge in [0.2, 0.25) is 6.29 Å². The van der Waals surface area contributed by atoms with Crippen molar-refractivity contribution in [2.24, 2.45) is 0 Å². The van der Waals surface area contributed by atoms with Gasteiger partial charge in [-0.25, -0.2) is 0 Å². The van der Waals surface area contributed by atoms with Crippen LogP contribution in [0.5, 0.6) is 23.0 Å². The standard InChI is InChI=1S/C23H24O11/c1-30-11-6-12(25)19-13(26)8-15(32-17(19)7-11)10-3-4-14(31-2)16(5-10)33-23-22(29)21(28)20(27)18(9-24)34-23/h3-8,18,20-25,27-29H,9H2,1-2H3/t18?,20-,21+,22?,23-/m1/s1. The molecule has 34 heavy (non-hydrogen) atoms. The van der Waals surface area contributed by atoms with E-state index >= 15 is 0 Å². The van der Waals surface area contributed by atoms with E-state index in [-0.39, 0.29) is 34.0 Å². The Bertz CT molecular complexity index is 1240. The van der Waals surface area contributed by atoms with E-state index in [1.807, 2.05) is 0 Å². The Balaban J connectivity index is 1.73. The van der Waals surface area contributed by atoms with Gasteiger partial charge in [-0.2, -0.15) is 0 Å². The maximum atomic E-state index is 12.7. The summed E-state index contributed by atoms with van der Waals surface area (Å²) in [6.45, 7) is -0.611. The number of phenols is 1. The smallest absolute Gasteiger partial charge is 0.229 e. The number of aliphatic hydroxyl groups is 4. The van der Waals surface area contributed by atoms with Crippen LogP contribution < -0.4 is 19.6 Å². The van der Waals surface area contributed by atoms with Gasteiger partial charge in [0.05, 0.1) is 20.8 Å². The third-order valence-electron chi connectivity index (χ3n) is 5.56. The van der Waals surface area contributed by atoms with E-state index in [4.69, 9.17) is 23.4 Å². The second-order valence-corrected chi connectivity index (χ2v) is 7.68. The molecular formula is C23H24O11. The molecule has 0 saturated carbocycles. The highest BCUT2D eigenvalue weighted by Crippen LogP contribution is 2.36. The lowest BCUT2D eigenvalue weighted by Gasteiger charge is -2.39. The Morgan fingerprint density at radius 3 is 2.38 bits per heavy atom. The first-order valence-corrected chi connectivity index (χ1v) is 10.3. The van der Waals surface area contributed by atoms with Crippen LogP contribution in [0.15, 0.2) is 45.6 Å². The number of ether oxygens (including phenoxy) is 4. The van der Waals surface area contributed by atoms with Crippen molar-refractivity contribution >= 4 is 11.0 Å². The van der Waals surface area contributed by atoms with E-state index < -0.39 is 42.7 Å². The first-order chi connectivity index (χ1) is 16.3. The van der Waals surface area contributed by atoms with Gasteiger partial charge in [0.1, 0.15) is 52.6 Å². The minimum Gasteiger partial charge on any atom is -0.507 e. The van der Waals surface area contributed by atoms with Gasteiger partial charge in [-0.1, -0.05) is 0 Å². The molecule has 4 rings (SSSR count). The highest BCUT2D eigenvalue weighted by Gasteiger charge is 2.45. The van der Waals surface area contributed by atoms with Crippen molar-refractivity contribution in [1.29, 1.82) is 0 Å². The Morgan fingerprint density at radius 1 is 0.941 bits per heavy atom. The summed E-state index contributed by atoms with van der Waals surface area (Å²) < 4.78 is 27.3. The molecule has 182 valence electrons. The number of benzene rings is 2. The van der Waals surface area contributed by atoms with Crippen molar-refractivity contribution in [2.45, 2.75) is 30.7 Å². The van der Waals surface area contributed by atoms with Crippen LogP contribution in [0.1, 0.15) is 0 Å². The molecule has 1 fully saturated rings. The second-order valence-electron chi connectivity index (χ2n) is 7.68. The van der Waals surface area contributed by atoms with E-state index in [2.05, 4.69) is 0 Å². The van der Waals surface area contributed by atoms with Crippen LogP contribution in [0.25, 0.3) is 22.3 Å². The largest absolute Gasteiger partial charge is 0.507 e. The van der Waals surface area contributed by atoms with Crippen molar-refractivity contribution in [3.8, 4) is 34.3 Å². The highest BCUT2D eigenvalue weighted by atomic mass is 16.7. The molecule has 11 heteroatoms. The van der Waals surface area contributed by atoms with Gasteiger partial charge >= 0.3 is 0 Å². The molecule has 2 unspecified atom stereocenters. The number of phenolic OH excluding ortho intramolecular Hbond substituents is 1. The summed E-state index contributed by atoms with van der Waals surface area (Å²) in [4.78, 5) is 12.7. The van der Waals surface area contributed by atoms with Crippen LogP contribution in [0.2, 0.25) is 0 Å². The third-order valence-corrected chi connectivity index (χ3v) is 5.56. The second kappa shape index (κ2) is 9.49. The minimum atomic E-state index is -1.62. The van der Waals surface area contributed by atoms with Crippen molar-refractivity contribution < 1.29 is 48.9 Å². The summed E-state index contributed by atoms with van der Waals surface area (Å²) >= 11 is 0. The normalized spacial score (nSPS) is 24.7. The van der Waals surface area contributed by atoms with Gasteiger partial charge in [0, 0.05) is 23.8 Å². The third kappa shape index (κ3) is 4.27. The predicted molar refractivity (Wildman–Crippen MR) is 117 cm³/mol. The molecule has 0 radical (unpaired) electrons. The lowest BCUT2D eigenvalue weighted by Crippen LogP contribution is -2.60. The van der Waals surface area contributed by atoms with Gasteiger partial charge in [-0.05, 0) is 18.2 Å². The van der Waals surface area contributed by atoms with Crippen LogP contribution in [0, 0.1) is 0 Å². The summed E-state index contributed by atoms with van der Waals surface area (Å²) in [5.74, 6) is 0.470. The van der Waals surface area contributed by atoms with Gasteiger partial charge < -0.3 is 48.9 Å². The SMILES string of the molecule is COc1cc(O)c2c(=O)cc(-c3ccc(OC)c(O[C@@H]4OC(CO)[C@@H](O)[C@H](O)C4O)c3)oc2c1. The van der Waals surface area contributed by atoms with Crippen LogP contribution in [-0.2, 0) is 4.74 Å². The van der Waals surface area contributed by atoms with Gasteiger partial charge in [0.25, 0.3) is 0 Å². The molecule has 5 atom stereocenters. The molecule has 1 aliphatic rings. The number of aliphatic hydroxyl groups excluding tert-OH is 4. The van der Waals surface area contributed by atoms with E-state index in [9.17, 15) is 30.3 Å². The fraction of sp³-hybridized carbons (Fsp3) is 0.348. The maximum absolute atomic E-state index is 12.7. The van der Waals surface area contributed by atoms with Crippen LogP contribution >= 0.6 is 0 Å². The maximum Gasteiger partial charge on any atom is 0.229 e. The first-order valence-electron chi connectivity index (χ1n) is 10.3. The van der Waals surface area contributed by atoms with E-state index in [1.54, 1.807) is 6.07 Å². The first kappa shape index (κ1) is 23.8. The quantitative estimate of drug-likeness (QED) is 0.333. The highest BCUT2D eigenvalue weighted by molar-refractivity contribution is 5.86. The summed E-state index contributed by atoms with van der Waals surface area (Å²) in [6.07, 6.45) is -7.37. The molecule has 0 spiro atoms. The van der Waals surface area contributed by atoms with Gasteiger partial charge in [0.15, 0.2) is 16.9 Å². The molecule has 2 heterocycles. The number of methoxy groups -OCH3 is 2. The average Bonchev–Trinajstić information content (AvgIpc) is 2.83. The zero-order valence-electron chi connectivity index (χ0n) is 18.2. The molecule has 0 bridgehead atoms. The predicted octanol–water partition coefficient (Wildman–Crippen LogP) is 0.361. The lowest BCUT2D eigenvalue weighted by molar-refractivity contribution is -0.277. The average molecular weight is 476 g/mol. The van der Waals surface area contributed by atoms with Crippen molar-refractivity contribution in [3.05, 3.63) is 46.6 Å². The summed E-state index contributed by atoms with van der Waals surface area (Å²) in [6, 6.07) is 8.57. The van der Waals surface area contributed by atoms with E-state index in [0.29, 0.717) is 11.3 Å². The molecule has 1 aromatic heterocycles. The summed E-state index contributed by atoms with van der Waals surface area (Å²) in [7, 11) is 2.80. The van der Waals surface area contributed by atoms with Gasteiger partial charge in [-0.15, -0.1) is 0 Å².